The molecule has 1 atom stereocenters. The zero-order valence-electron chi connectivity index (χ0n) is 15.8. The molecule has 2 aliphatic heterocycles. The number of benzene rings is 1. The van der Waals surface area contributed by atoms with Crippen LogP contribution in [-0.4, -0.2) is 43.3 Å². The van der Waals surface area contributed by atoms with Gasteiger partial charge < -0.3 is 19.7 Å². The van der Waals surface area contributed by atoms with Crippen LogP contribution in [0.1, 0.15) is 36.0 Å². The fourth-order valence-corrected chi connectivity index (χ4v) is 4.78. The van der Waals surface area contributed by atoms with E-state index in [4.69, 9.17) is 14.5 Å². The molecule has 1 fully saturated rings. The highest BCUT2D eigenvalue weighted by molar-refractivity contribution is 5.55. The highest BCUT2D eigenvalue weighted by Gasteiger charge is 2.43. The predicted molar refractivity (Wildman–Crippen MR) is 104 cm³/mol. The second kappa shape index (κ2) is 6.68. The van der Waals surface area contributed by atoms with Gasteiger partial charge in [-0.15, -0.1) is 0 Å². The molecule has 6 heteroatoms. The number of fused-ring (bicyclic) bond motifs is 3. The summed E-state index contributed by atoms with van der Waals surface area (Å²) in [5, 5.41) is 3.40. The molecule has 142 valence electrons. The maximum absolute atomic E-state index is 6.69. The molecular formula is C21H26N4O2. The molecule has 2 aromatic rings. The van der Waals surface area contributed by atoms with E-state index < -0.39 is 0 Å². The summed E-state index contributed by atoms with van der Waals surface area (Å²) in [6.45, 7) is 3.83. The average molecular weight is 366 g/mol. The number of aryl methyl sites for hydroxylation is 1. The van der Waals surface area contributed by atoms with Crippen LogP contribution in [0, 0.1) is 0 Å². The summed E-state index contributed by atoms with van der Waals surface area (Å²) in [7, 11) is 1.62. The number of hydrogen-bond donors (Lipinski definition) is 1. The maximum atomic E-state index is 6.69. The Balaban J connectivity index is 1.56. The molecule has 0 amide bonds. The van der Waals surface area contributed by atoms with E-state index in [-0.39, 0.29) is 5.60 Å². The Kier molecular flexibility index (Phi) is 4.16. The Hall–Kier alpha value is -2.34. The topological polar surface area (TPSA) is 59.5 Å². The number of anilines is 1. The number of nitrogens with zero attached hydrogens (tertiary/aromatic N) is 3. The van der Waals surface area contributed by atoms with Crippen molar-refractivity contribution < 1.29 is 9.47 Å². The van der Waals surface area contributed by atoms with Gasteiger partial charge in [-0.05, 0) is 43.2 Å². The van der Waals surface area contributed by atoms with Crippen molar-refractivity contribution in [2.24, 2.45) is 0 Å². The highest BCUT2D eigenvalue weighted by atomic mass is 16.5. The number of piperazine rings is 1. The lowest BCUT2D eigenvalue weighted by Gasteiger charge is -2.43. The van der Waals surface area contributed by atoms with E-state index in [0.717, 1.165) is 69.7 Å². The van der Waals surface area contributed by atoms with Crippen LogP contribution in [0.3, 0.4) is 0 Å². The summed E-state index contributed by atoms with van der Waals surface area (Å²) in [4.78, 5) is 11.6. The van der Waals surface area contributed by atoms with E-state index in [2.05, 4.69) is 39.5 Å². The van der Waals surface area contributed by atoms with E-state index in [1.165, 1.54) is 11.1 Å². The van der Waals surface area contributed by atoms with Crippen molar-refractivity contribution in [2.45, 2.75) is 37.7 Å². The van der Waals surface area contributed by atoms with Crippen LogP contribution in [0.4, 0.5) is 5.82 Å². The van der Waals surface area contributed by atoms with Gasteiger partial charge in [0, 0.05) is 26.2 Å². The molecule has 0 radical (unpaired) electrons. The van der Waals surface area contributed by atoms with Gasteiger partial charge in [-0.1, -0.05) is 24.3 Å². The summed E-state index contributed by atoms with van der Waals surface area (Å²) >= 11 is 0. The summed E-state index contributed by atoms with van der Waals surface area (Å²) in [6, 6.07) is 9.11. The zero-order chi connectivity index (χ0) is 18.3. The standard InChI is InChI=1S/C21H26N4O2/c1-26-20-23-18(25-13-11-22-12-14-25)16-8-10-21(27-19(16)24-20)9-4-6-15-5-2-3-7-17(15)21/h2-3,5,7,22H,4,6,8-14H2,1H3. The molecule has 3 aliphatic rings. The quantitative estimate of drug-likeness (QED) is 0.881. The van der Waals surface area contributed by atoms with Gasteiger partial charge in [0.25, 0.3) is 0 Å². The second-order valence-electron chi connectivity index (χ2n) is 7.66. The fraction of sp³-hybridized carbons (Fsp3) is 0.524. The van der Waals surface area contributed by atoms with E-state index in [1.54, 1.807) is 7.11 Å². The van der Waals surface area contributed by atoms with Crippen molar-refractivity contribution in [3.05, 3.63) is 41.0 Å². The molecule has 1 unspecified atom stereocenters. The first-order chi connectivity index (χ1) is 13.3. The third-order valence-electron chi connectivity index (χ3n) is 6.13. The van der Waals surface area contributed by atoms with Crippen LogP contribution >= 0.6 is 0 Å². The number of hydrogen-bond acceptors (Lipinski definition) is 6. The number of ether oxygens (including phenoxy) is 2. The molecule has 0 bridgehead atoms. The monoisotopic (exact) mass is 366 g/mol. The van der Waals surface area contributed by atoms with Crippen molar-refractivity contribution >= 4 is 5.82 Å². The van der Waals surface area contributed by atoms with Crippen LogP contribution in [0.2, 0.25) is 0 Å². The zero-order valence-corrected chi connectivity index (χ0v) is 15.8. The van der Waals surface area contributed by atoms with Gasteiger partial charge in [0.2, 0.25) is 5.88 Å². The van der Waals surface area contributed by atoms with Crippen molar-refractivity contribution in [3.63, 3.8) is 0 Å². The minimum Gasteiger partial charge on any atom is -0.467 e. The molecule has 1 N–H and O–H groups in total. The predicted octanol–water partition coefficient (Wildman–Crippen LogP) is 2.45. The largest absolute Gasteiger partial charge is 0.467 e. The molecule has 27 heavy (non-hydrogen) atoms. The van der Waals surface area contributed by atoms with E-state index >= 15 is 0 Å². The number of nitrogens with one attached hydrogen (secondary N) is 1. The van der Waals surface area contributed by atoms with Crippen LogP contribution < -0.4 is 19.7 Å². The van der Waals surface area contributed by atoms with Gasteiger partial charge >= 0.3 is 6.01 Å². The SMILES string of the molecule is COc1nc2c(c(N3CCNCC3)n1)CCC1(CCCc3ccccc31)O2. The summed E-state index contributed by atoms with van der Waals surface area (Å²) < 4.78 is 12.1. The summed E-state index contributed by atoms with van der Waals surface area (Å²) in [6.07, 6.45) is 5.24. The average Bonchev–Trinajstić information content (AvgIpc) is 2.74. The molecule has 0 saturated carbocycles. The molecule has 6 nitrogen and oxygen atoms in total. The third kappa shape index (κ3) is 2.83. The molecule has 1 aliphatic carbocycles. The smallest absolute Gasteiger partial charge is 0.321 e. The number of methoxy groups -OCH3 is 1. The van der Waals surface area contributed by atoms with E-state index in [1.807, 2.05) is 0 Å². The van der Waals surface area contributed by atoms with E-state index in [0.29, 0.717) is 11.9 Å². The highest BCUT2D eigenvalue weighted by Crippen LogP contribution is 2.47. The number of rotatable bonds is 2. The van der Waals surface area contributed by atoms with Gasteiger partial charge in [-0.25, -0.2) is 0 Å². The Morgan fingerprint density at radius 3 is 2.81 bits per heavy atom. The van der Waals surface area contributed by atoms with Gasteiger partial charge in [0.15, 0.2) is 0 Å². The van der Waals surface area contributed by atoms with Gasteiger partial charge in [-0.3, -0.25) is 0 Å². The first-order valence-electron chi connectivity index (χ1n) is 9.97. The van der Waals surface area contributed by atoms with Crippen molar-refractivity contribution in [3.8, 4) is 11.9 Å². The van der Waals surface area contributed by atoms with Crippen LogP contribution in [-0.2, 0) is 18.4 Å². The molecule has 1 aromatic heterocycles. The van der Waals surface area contributed by atoms with Crippen molar-refractivity contribution in [1.29, 1.82) is 0 Å². The Morgan fingerprint density at radius 2 is 1.96 bits per heavy atom. The number of aromatic nitrogens is 2. The van der Waals surface area contributed by atoms with E-state index in [9.17, 15) is 0 Å². The molecule has 1 aromatic carbocycles. The van der Waals surface area contributed by atoms with Gasteiger partial charge in [0.1, 0.15) is 11.4 Å². The van der Waals surface area contributed by atoms with Crippen molar-refractivity contribution in [1.82, 2.24) is 15.3 Å². The van der Waals surface area contributed by atoms with Crippen LogP contribution in [0.25, 0.3) is 0 Å². The van der Waals surface area contributed by atoms with Gasteiger partial charge in [0.05, 0.1) is 12.7 Å². The maximum Gasteiger partial charge on any atom is 0.321 e. The lowest BCUT2D eigenvalue weighted by Crippen LogP contribution is -2.45. The minimum absolute atomic E-state index is 0.262. The summed E-state index contributed by atoms with van der Waals surface area (Å²) in [5.41, 5.74) is 3.62. The normalized spacial score (nSPS) is 24.1. The Bertz CT molecular complexity index is 850. The summed E-state index contributed by atoms with van der Waals surface area (Å²) in [5.74, 6) is 1.69. The first-order valence-corrected chi connectivity index (χ1v) is 9.97. The lowest BCUT2D eigenvalue weighted by atomic mass is 9.75. The molecule has 1 spiro atoms. The van der Waals surface area contributed by atoms with Crippen LogP contribution in [0.15, 0.2) is 24.3 Å². The molecular weight excluding hydrogens is 340 g/mol. The third-order valence-corrected chi connectivity index (χ3v) is 6.13. The second-order valence-corrected chi connectivity index (χ2v) is 7.66. The Labute approximate surface area is 159 Å². The first kappa shape index (κ1) is 16.8. The molecule has 1 saturated heterocycles. The Morgan fingerprint density at radius 1 is 1.11 bits per heavy atom. The molecule has 3 heterocycles. The van der Waals surface area contributed by atoms with Crippen LogP contribution in [0.5, 0.6) is 11.9 Å². The van der Waals surface area contributed by atoms with Gasteiger partial charge in [-0.2, -0.15) is 9.97 Å². The minimum atomic E-state index is -0.262. The fourth-order valence-electron chi connectivity index (χ4n) is 4.78. The van der Waals surface area contributed by atoms with Crippen molar-refractivity contribution in [2.75, 3.05) is 38.2 Å². The lowest BCUT2D eigenvalue weighted by molar-refractivity contribution is 0.0194. The molecule has 5 rings (SSSR count).